The molecule has 0 amide bonds. The molecule has 2 unspecified atom stereocenters. The van der Waals surface area contributed by atoms with Crippen molar-refractivity contribution in [2.45, 2.75) is 45.6 Å². The number of hydrogen-bond donors (Lipinski definition) is 2. The van der Waals surface area contributed by atoms with Crippen molar-refractivity contribution in [3.05, 3.63) is 24.0 Å². The molecule has 1 aliphatic carbocycles. The molecule has 0 aliphatic heterocycles. The van der Waals surface area contributed by atoms with Crippen molar-refractivity contribution in [3.63, 3.8) is 0 Å². The van der Waals surface area contributed by atoms with Crippen LogP contribution in [0.5, 0.6) is 0 Å². The summed E-state index contributed by atoms with van der Waals surface area (Å²) in [4.78, 5) is 4.65. The first kappa shape index (κ1) is 14.3. The number of nitrogens with one attached hydrogen (secondary N) is 1. The second-order valence-electron chi connectivity index (χ2n) is 5.71. The van der Waals surface area contributed by atoms with Crippen LogP contribution in [0.25, 0.3) is 0 Å². The van der Waals surface area contributed by atoms with E-state index in [0.717, 1.165) is 5.69 Å². The predicted octanol–water partition coefficient (Wildman–Crippen LogP) is 3.34. The summed E-state index contributed by atoms with van der Waals surface area (Å²) in [5.41, 5.74) is 7.44. The van der Waals surface area contributed by atoms with E-state index in [-0.39, 0.29) is 0 Å². The van der Waals surface area contributed by atoms with Gasteiger partial charge in [-0.25, -0.2) is 0 Å². The summed E-state index contributed by atoms with van der Waals surface area (Å²) in [5.74, 6) is 1.41. The summed E-state index contributed by atoms with van der Waals surface area (Å²) in [6, 6.07) is 4.45. The zero-order valence-electron chi connectivity index (χ0n) is 11.7. The maximum absolute atomic E-state index is 5.74. The van der Waals surface area contributed by atoms with Gasteiger partial charge in [-0.2, -0.15) is 0 Å². The van der Waals surface area contributed by atoms with Gasteiger partial charge in [0.1, 0.15) is 10.7 Å². The Bertz CT molecular complexity index is 445. The van der Waals surface area contributed by atoms with Crippen LogP contribution in [-0.2, 0) is 0 Å². The van der Waals surface area contributed by atoms with Gasteiger partial charge in [-0.3, -0.25) is 4.98 Å². The third-order valence-electron chi connectivity index (χ3n) is 4.06. The van der Waals surface area contributed by atoms with Gasteiger partial charge < -0.3 is 11.1 Å². The maximum Gasteiger partial charge on any atom is 0.124 e. The van der Waals surface area contributed by atoms with E-state index in [1.54, 1.807) is 6.20 Å². The summed E-state index contributed by atoms with van der Waals surface area (Å²) < 4.78 is 0. The molecule has 1 fully saturated rings. The Morgan fingerprint density at radius 3 is 2.84 bits per heavy atom. The highest BCUT2D eigenvalue weighted by molar-refractivity contribution is 7.80. The van der Waals surface area contributed by atoms with Crippen molar-refractivity contribution in [1.29, 1.82) is 0 Å². The first-order valence-electron chi connectivity index (χ1n) is 7.11. The van der Waals surface area contributed by atoms with Gasteiger partial charge in [0.05, 0.1) is 5.69 Å². The molecule has 0 bridgehead atoms. The summed E-state index contributed by atoms with van der Waals surface area (Å²) in [5, 5.41) is 3.63. The van der Waals surface area contributed by atoms with Crippen LogP contribution in [0.4, 0.5) is 5.69 Å². The molecule has 2 atom stereocenters. The lowest BCUT2D eigenvalue weighted by Gasteiger charge is -2.35. The third-order valence-corrected chi connectivity index (χ3v) is 4.25. The Balaban J connectivity index is 2.17. The highest BCUT2D eigenvalue weighted by Crippen LogP contribution is 2.32. The highest BCUT2D eigenvalue weighted by atomic mass is 32.1. The lowest BCUT2D eigenvalue weighted by Crippen LogP contribution is -2.36. The van der Waals surface area contributed by atoms with E-state index in [0.29, 0.717) is 28.6 Å². The topological polar surface area (TPSA) is 50.9 Å². The van der Waals surface area contributed by atoms with Gasteiger partial charge in [-0.05, 0) is 36.8 Å². The average Bonchev–Trinajstić information content (AvgIpc) is 2.39. The average molecular weight is 277 g/mol. The molecule has 2 rings (SSSR count). The highest BCUT2D eigenvalue weighted by Gasteiger charge is 2.28. The minimum Gasteiger partial charge on any atom is -0.388 e. The first-order valence-corrected chi connectivity index (χ1v) is 7.51. The summed E-state index contributed by atoms with van der Waals surface area (Å²) in [6.45, 7) is 4.62. The Hall–Kier alpha value is -1.16. The monoisotopic (exact) mass is 277 g/mol. The summed E-state index contributed by atoms with van der Waals surface area (Å²) in [6.07, 6.45) is 6.90. The summed E-state index contributed by atoms with van der Waals surface area (Å²) in [7, 11) is 0. The van der Waals surface area contributed by atoms with Crippen molar-refractivity contribution >= 4 is 22.9 Å². The van der Waals surface area contributed by atoms with E-state index in [1.807, 2.05) is 12.1 Å². The largest absolute Gasteiger partial charge is 0.388 e. The molecule has 0 spiro atoms. The lowest BCUT2D eigenvalue weighted by atomic mass is 9.77. The second kappa shape index (κ2) is 6.33. The molecule has 0 radical (unpaired) electrons. The minimum atomic E-state index is 0.361. The minimum absolute atomic E-state index is 0.361. The zero-order chi connectivity index (χ0) is 13.8. The molecule has 104 valence electrons. The molecular weight excluding hydrogens is 254 g/mol. The van der Waals surface area contributed by atoms with Crippen LogP contribution in [0.1, 0.15) is 45.2 Å². The molecule has 0 saturated heterocycles. The van der Waals surface area contributed by atoms with Crippen molar-refractivity contribution in [1.82, 2.24) is 4.98 Å². The van der Waals surface area contributed by atoms with E-state index in [9.17, 15) is 0 Å². The van der Waals surface area contributed by atoms with E-state index >= 15 is 0 Å². The SMILES string of the molecule is CC(C)C1CCCCC1Nc1cccnc1C(N)=S. The van der Waals surface area contributed by atoms with Crippen LogP contribution in [0, 0.1) is 11.8 Å². The zero-order valence-corrected chi connectivity index (χ0v) is 12.5. The molecule has 3 nitrogen and oxygen atoms in total. The Kier molecular flexibility index (Phi) is 4.75. The predicted molar refractivity (Wildman–Crippen MR) is 84.3 cm³/mol. The molecule has 3 N–H and O–H groups in total. The van der Waals surface area contributed by atoms with Crippen molar-refractivity contribution in [3.8, 4) is 0 Å². The molecule has 0 aromatic carbocycles. The Morgan fingerprint density at radius 2 is 2.16 bits per heavy atom. The van der Waals surface area contributed by atoms with Crippen molar-refractivity contribution in [2.75, 3.05) is 5.32 Å². The number of rotatable bonds is 4. The molecule has 1 saturated carbocycles. The molecule has 1 aromatic rings. The number of hydrogen-bond acceptors (Lipinski definition) is 3. The Morgan fingerprint density at radius 1 is 1.42 bits per heavy atom. The first-order chi connectivity index (χ1) is 9.09. The van der Waals surface area contributed by atoms with E-state index in [4.69, 9.17) is 18.0 Å². The molecular formula is C15H23N3S. The van der Waals surface area contributed by atoms with Crippen LogP contribution >= 0.6 is 12.2 Å². The third kappa shape index (κ3) is 3.44. The van der Waals surface area contributed by atoms with Crippen LogP contribution in [0.3, 0.4) is 0 Å². The van der Waals surface area contributed by atoms with E-state index in [2.05, 4.69) is 24.1 Å². The molecule has 1 heterocycles. The molecule has 1 aromatic heterocycles. The Labute approximate surface area is 121 Å². The lowest BCUT2D eigenvalue weighted by molar-refractivity contribution is 0.254. The van der Waals surface area contributed by atoms with Gasteiger partial charge in [0.15, 0.2) is 0 Å². The van der Waals surface area contributed by atoms with Gasteiger partial charge in [0, 0.05) is 12.2 Å². The van der Waals surface area contributed by atoms with Gasteiger partial charge in [0.2, 0.25) is 0 Å². The smallest absolute Gasteiger partial charge is 0.124 e. The van der Waals surface area contributed by atoms with Crippen LogP contribution < -0.4 is 11.1 Å². The van der Waals surface area contributed by atoms with Gasteiger partial charge in [-0.1, -0.05) is 38.9 Å². The van der Waals surface area contributed by atoms with Crippen LogP contribution in [0.2, 0.25) is 0 Å². The number of nitrogens with zero attached hydrogens (tertiary/aromatic N) is 1. The van der Waals surface area contributed by atoms with Crippen molar-refractivity contribution in [2.24, 2.45) is 17.6 Å². The van der Waals surface area contributed by atoms with Crippen LogP contribution in [-0.4, -0.2) is 16.0 Å². The number of aromatic nitrogens is 1. The van der Waals surface area contributed by atoms with Gasteiger partial charge >= 0.3 is 0 Å². The van der Waals surface area contributed by atoms with Gasteiger partial charge in [-0.15, -0.1) is 0 Å². The summed E-state index contributed by atoms with van der Waals surface area (Å²) >= 11 is 5.07. The number of thiocarbonyl (C=S) groups is 1. The fraction of sp³-hybridized carbons (Fsp3) is 0.600. The quantitative estimate of drug-likeness (QED) is 0.829. The fourth-order valence-corrected chi connectivity index (χ4v) is 3.22. The molecule has 4 heteroatoms. The normalized spacial score (nSPS) is 23.3. The number of nitrogens with two attached hydrogens (primary N) is 1. The number of pyridine rings is 1. The standard InChI is InChI=1S/C15H23N3S/c1-10(2)11-6-3-4-7-12(11)18-13-8-5-9-17-14(13)15(16)19/h5,8-12,18H,3-4,6-7H2,1-2H3,(H2,16,19). The fourth-order valence-electron chi connectivity index (χ4n) is 3.05. The second-order valence-corrected chi connectivity index (χ2v) is 6.15. The van der Waals surface area contributed by atoms with Gasteiger partial charge in [0.25, 0.3) is 0 Å². The molecule has 1 aliphatic rings. The van der Waals surface area contributed by atoms with E-state index < -0.39 is 0 Å². The van der Waals surface area contributed by atoms with Crippen LogP contribution in [0.15, 0.2) is 18.3 Å². The number of anilines is 1. The van der Waals surface area contributed by atoms with Crippen molar-refractivity contribution < 1.29 is 0 Å². The maximum atomic E-state index is 5.74. The van der Waals surface area contributed by atoms with E-state index in [1.165, 1.54) is 25.7 Å². The molecule has 19 heavy (non-hydrogen) atoms.